The summed E-state index contributed by atoms with van der Waals surface area (Å²) in [5, 5.41) is 4.13. The van der Waals surface area contributed by atoms with Crippen molar-refractivity contribution in [1.82, 2.24) is 19.9 Å². The van der Waals surface area contributed by atoms with Gasteiger partial charge in [0, 0.05) is 0 Å². The van der Waals surface area contributed by atoms with Crippen LogP contribution in [-0.2, 0) is 0 Å². The van der Waals surface area contributed by atoms with Gasteiger partial charge >= 0.3 is 0 Å². The molecule has 16 heavy (non-hydrogen) atoms. The molecule has 1 N–H and O–H groups in total. The zero-order valence-electron chi connectivity index (χ0n) is 8.29. The monoisotopic (exact) mass is 228 g/mol. The Bertz CT molecular complexity index is 624. The summed E-state index contributed by atoms with van der Waals surface area (Å²) < 4.78 is 0. The second-order valence-electron chi connectivity index (χ2n) is 3.25. The molecule has 3 heterocycles. The lowest BCUT2D eigenvalue weighted by Crippen LogP contribution is -1.85. The number of aromatic amines is 1. The molecule has 0 aliphatic carbocycles. The van der Waals surface area contributed by atoms with E-state index < -0.39 is 0 Å². The van der Waals surface area contributed by atoms with Crippen molar-refractivity contribution >= 4 is 34.7 Å². The van der Waals surface area contributed by atoms with Gasteiger partial charge in [0.05, 0.1) is 12.0 Å². The van der Waals surface area contributed by atoms with Crippen LogP contribution in [0.3, 0.4) is 0 Å². The highest BCUT2D eigenvalue weighted by Crippen LogP contribution is 2.14. The maximum absolute atomic E-state index is 4.21. The Kier molecular flexibility index (Phi) is 2.23. The average molecular weight is 228 g/mol. The number of imidazole rings is 1. The minimum Gasteiger partial charge on any atom is -0.341 e. The van der Waals surface area contributed by atoms with E-state index in [0.717, 1.165) is 11.2 Å². The Labute approximate surface area is 95.7 Å². The number of nitrogens with one attached hydrogen (secondary N) is 1. The maximum atomic E-state index is 4.21. The Balaban J connectivity index is 2.03. The number of aromatic nitrogens is 4. The third-order valence-electron chi connectivity index (χ3n) is 2.23. The van der Waals surface area contributed by atoms with Gasteiger partial charge in [0.2, 0.25) is 0 Å². The van der Waals surface area contributed by atoms with Crippen LogP contribution in [0.15, 0.2) is 29.5 Å². The standard InChI is InChI=1S/C11H8N4S/c1(8-3-4-16-5-8)2-9-10-11(14-6-12-9)15-7-13-10/h1-7H,(H,12,13,14,15)/b2-1+. The fraction of sp³-hybridized carbons (Fsp3) is 0. The number of hydrogen-bond acceptors (Lipinski definition) is 4. The van der Waals surface area contributed by atoms with Crippen LogP contribution in [0.1, 0.15) is 11.3 Å². The highest BCUT2D eigenvalue weighted by molar-refractivity contribution is 7.08. The molecule has 3 aromatic rings. The number of fused-ring (bicyclic) bond motifs is 1. The molecule has 5 heteroatoms. The first-order valence-electron chi connectivity index (χ1n) is 4.78. The van der Waals surface area contributed by atoms with E-state index >= 15 is 0 Å². The highest BCUT2D eigenvalue weighted by Gasteiger charge is 2.01. The molecule has 0 bridgehead atoms. The quantitative estimate of drug-likeness (QED) is 0.733. The average Bonchev–Trinajstić information content (AvgIpc) is 2.97. The van der Waals surface area contributed by atoms with Gasteiger partial charge in [-0.15, -0.1) is 0 Å². The first kappa shape index (κ1) is 9.23. The van der Waals surface area contributed by atoms with Crippen molar-refractivity contribution in [1.29, 1.82) is 0 Å². The number of nitrogens with zero attached hydrogens (tertiary/aromatic N) is 3. The Morgan fingerprint density at radius 1 is 1.19 bits per heavy atom. The lowest BCUT2D eigenvalue weighted by Gasteiger charge is -1.93. The number of H-pyrrole nitrogens is 1. The molecular formula is C11H8N4S. The van der Waals surface area contributed by atoms with Gasteiger partial charge in [-0.05, 0) is 28.5 Å². The summed E-state index contributed by atoms with van der Waals surface area (Å²) in [4.78, 5) is 15.4. The van der Waals surface area contributed by atoms with Crippen LogP contribution in [0.2, 0.25) is 0 Å². The maximum Gasteiger partial charge on any atom is 0.181 e. The topological polar surface area (TPSA) is 54.5 Å². The van der Waals surface area contributed by atoms with Crippen LogP contribution in [0, 0.1) is 0 Å². The van der Waals surface area contributed by atoms with Crippen molar-refractivity contribution in [2.75, 3.05) is 0 Å². The molecule has 0 amide bonds. The van der Waals surface area contributed by atoms with Gasteiger partial charge in [-0.3, -0.25) is 0 Å². The highest BCUT2D eigenvalue weighted by atomic mass is 32.1. The summed E-state index contributed by atoms with van der Waals surface area (Å²) in [5.74, 6) is 0. The molecule has 0 saturated carbocycles. The molecule has 0 atom stereocenters. The van der Waals surface area contributed by atoms with Crippen molar-refractivity contribution in [3.8, 4) is 0 Å². The van der Waals surface area contributed by atoms with Crippen molar-refractivity contribution in [2.45, 2.75) is 0 Å². The number of hydrogen-bond donors (Lipinski definition) is 1. The number of thiophene rings is 1. The molecule has 3 rings (SSSR count). The lowest BCUT2D eigenvalue weighted by molar-refractivity contribution is 1.19. The molecule has 0 spiro atoms. The van der Waals surface area contributed by atoms with E-state index in [-0.39, 0.29) is 0 Å². The predicted octanol–water partition coefficient (Wildman–Crippen LogP) is 2.58. The minimum atomic E-state index is 0.694. The summed E-state index contributed by atoms with van der Waals surface area (Å²) in [6.45, 7) is 0. The normalized spacial score (nSPS) is 11.5. The van der Waals surface area contributed by atoms with Crippen LogP contribution < -0.4 is 0 Å². The van der Waals surface area contributed by atoms with Gasteiger partial charge < -0.3 is 4.98 Å². The van der Waals surface area contributed by atoms with Gasteiger partial charge in [-0.2, -0.15) is 11.3 Å². The van der Waals surface area contributed by atoms with Crippen LogP contribution in [0.5, 0.6) is 0 Å². The summed E-state index contributed by atoms with van der Waals surface area (Å²) in [6, 6.07) is 2.06. The molecular weight excluding hydrogens is 220 g/mol. The Morgan fingerprint density at radius 2 is 2.19 bits per heavy atom. The molecule has 0 aromatic carbocycles. The van der Waals surface area contributed by atoms with Crippen molar-refractivity contribution in [2.24, 2.45) is 0 Å². The van der Waals surface area contributed by atoms with Gasteiger partial charge in [-0.1, -0.05) is 6.08 Å². The van der Waals surface area contributed by atoms with Crippen LogP contribution in [-0.4, -0.2) is 19.9 Å². The summed E-state index contributed by atoms with van der Waals surface area (Å²) >= 11 is 1.68. The Hall–Kier alpha value is -2.01. The smallest absolute Gasteiger partial charge is 0.181 e. The molecule has 78 valence electrons. The van der Waals surface area contributed by atoms with Crippen LogP contribution >= 0.6 is 11.3 Å². The molecule has 3 aromatic heterocycles. The second kappa shape index (κ2) is 3.86. The predicted molar refractivity (Wildman–Crippen MR) is 64.9 cm³/mol. The fourth-order valence-electron chi connectivity index (χ4n) is 1.46. The van der Waals surface area contributed by atoms with E-state index in [4.69, 9.17) is 0 Å². The molecule has 0 radical (unpaired) electrons. The van der Waals surface area contributed by atoms with E-state index in [1.807, 2.05) is 17.5 Å². The van der Waals surface area contributed by atoms with E-state index in [1.54, 1.807) is 17.7 Å². The van der Waals surface area contributed by atoms with Gasteiger partial charge in [-0.25, -0.2) is 15.0 Å². The SMILES string of the molecule is C(=C\c1ncnc2nc[nH]c12)/c1ccsc1. The molecule has 0 unspecified atom stereocenters. The van der Waals surface area contributed by atoms with Crippen LogP contribution in [0.4, 0.5) is 0 Å². The van der Waals surface area contributed by atoms with Gasteiger partial charge in [0.15, 0.2) is 5.65 Å². The fourth-order valence-corrected chi connectivity index (χ4v) is 2.08. The van der Waals surface area contributed by atoms with E-state index in [1.165, 1.54) is 11.9 Å². The molecule has 4 nitrogen and oxygen atoms in total. The molecule has 0 aliphatic heterocycles. The summed E-state index contributed by atoms with van der Waals surface area (Å²) in [7, 11) is 0. The largest absolute Gasteiger partial charge is 0.341 e. The van der Waals surface area contributed by atoms with Crippen molar-refractivity contribution in [3.05, 3.63) is 40.7 Å². The van der Waals surface area contributed by atoms with Gasteiger partial charge in [0.1, 0.15) is 11.8 Å². The lowest BCUT2D eigenvalue weighted by atomic mass is 10.2. The molecule has 0 aliphatic rings. The van der Waals surface area contributed by atoms with Crippen molar-refractivity contribution < 1.29 is 0 Å². The van der Waals surface area contributed by atoms with E-state index in [9.17, 15) is 0 Å². The zero-order chi connectivity index (χ0) is 10.8. The van der Waals surface area contributed by atoms with E-state index in [0.29, 0.717) is 5.65 Å². The van der Waals surface area contributed by atoms with E-state index in [2.05, 4.69) is 31.4 Å². The number of rotatable bonds is 2. The minimum absolute atomic E-state index is 0.694. The first-order chi connectivity index (χ1) is 7.93. The third kappa shape index (κ3) is 1.61. The molecule has 0 saturated heterocycles. The Morgan fingerprint density at radius 3 is 3.06 bits per heavy atom. The zero-order valence-corrected chi connectivity index (χ0v) is 9.11. The van der Waals surface area contributed by atoms with Gasteiger partial charge in [0.25, 0.3) is 0 Å². The molecule has 0 fully saturated rings. The third-order valence-corrected chi connectivity index (χ3v) is 2.93. The first-order valence-corrected chi connectivity index (χ1v) is 5.72. The summed E-state index contributed by atoms with van der Waals surface area (Å²) in [5.41, 5.74) is 3.60. The van der Waals surface area contributed by atoms with Crippen LogP contribution in [0.25, 0.3) is 23.3 Å². The van der Waals surface area contributed by atoms with Crippen molar-refractivity contribution in [3.63, 3.8) is 0 Å². The summed E-state index contributed by atoms with van der Waals surface area (Å²) in [6.07, 6.45) is 7.14. The second-order valence-corrected chi connectivity index (χ2v) is 4.03.